The van der Waals surface area contributed by atoms with Crippen LogP contribution in [-0.2, 0) is 11.3 Å². The van der Waals surface area contributed by atoms with Crippen molar-refractivity contribution in [3.05, 3.63) is 53.1 Å². The maximum Gasteiger partial charge on any atom is 0.242 e. The normalized spacial score (nSPS) is 11.8. The number of nitrogens with zero attached hydrogens (tertiary/aromatic N) is 2. The van der Waals surface area contributed by atoms with Crippen molar-refractivity contribution in [2.24, 2.45) is 0 Å². The number of carbonyl (C=O) groups excluding carboxylic acids is 1. The Bertz CT molecular complexity index is 706. The standard InChI is InChI=1S/C18H23FN4OS/c1-12-10-13(2)22-18(21-12)23-16(8-9-25-3)17(24)20-11-14-6-4-5-7-15(14)19/h4-7,10,16H,8-9,11H2,1-3H3,(H,20,24)(H,21,22,23). The molecule has 0 spiro atoms. The minimum Gasteiger partial charge on any atom is -0.350 e. The molecule has 0 aliphatic carbocycles. The number of hydrogen-bond donors (Lipinski definition) is 2. The molecule has 0 aliphatic rings. The number of nitrogens with one attached hydrogen (secondary N) is 2. The summed E-state index contributed by atoms with van der Waals surface area (Å²) in [6, 6.07) is 7.82. The lowest BCUT2D eigenvalue weighted by molar-refractivity contribution is -0.122. The Labute approximate surface area is 151 Å². The number of benzene rings is 1. The first-order valence-corrected chi connectivity index (χ1v) is 9.48. The minimum absolute atomic E-state index is 0.149. The molecule has 1 aromatic heterocycles. The number of carbonyl (C=O) groups is 1. The molecule has 5 nitrogen and oxygen atoms in total. The summed E-state index contributed by atoms with van der Waals surface area (Å²) in [7, 11) is 0. The third-order valence-corrected chi connectivity index (χ3v) is 4.27. The van der Waals surface area contributed by atoms with Gasteiger partial charge in [0, 0.05) is 23.5 Å². The van der Waals surface area contributed by atoms with Gasteiger partial charge in [-0.05, 0) is 44.4 Å². The van der Waals surface area contributed by atoms with Gasteiger partial charge in [0.1, 0.15) is 11.9 Å². The molecule has 1 amide bonds. The van der Waals surface area contributed by atoms with Crippen molar-refractivity contribution in [1.29, 1.82) is 0 Å². The highest BCUT2D eigenvalue weighted by Crippen LogP contribution is 2.11. The highest BCUT2D eigenvalue weighted by Gasteiger charge is 2.19. The highest BCUT2D eigenvalue weighted by molar-refractivity contribution is 7.98. The van der Waals surface area contributed by atoms with Gasteiger partial charge in [-0.1, -0.05) is 18.2 Å². The lowest BCUT2D eigenvalue weighted by atomic mass is 10.2. The number of halogens is 1. The van der Waals surface area contributed by atoms with Gasteiger partial charge in [-0.2, -0.15) is 11.8 Å². The largest absolute Gasteiger partial charge is 0.350 e. The monoisotopic (exact) mass is 362 g/mol. The van der Waals surface area contributed by atoms with E-state index in [2.05, 4.69) is 20.6 Å². The summed E-state index contributed by atoms with van der Waals surface area (Å²) in [4.78, 5) is 21.2. The quantitative estimate of drug-likeness (QED) is 0.755. The number of rotatable bonds is 8. The van der Waals surface area contributed by atoms with Crippen LogP contribution < -0.4 is 10.6 Å². The second-order valence-electron chi connectivity index (χ2n) is 5.76. The summed E-state index contributed by atoms with van der Waals surface area (Å²) in [6.07, 6.45) is 2.61. The number of amides is 1. The van der Waals surface area contributed by atoms with Gasteiger partial charge in [-0.15, -0.1) is 0 Å². The Hall–Kier alpha value is -2.15. The number of aromatic nitrogens is 2. The van der Waals surface area contributed by atoms with E-state index in [4.69, 9.17) is 0 Å². The second-order valence-corrected chi connectivity index (χ2v) is 6.75. The van der Waals surface area contributed by atoms with Crippen molar-refractivity contribution < 1.29 is 9.18 Å². The zero-order chi connectivity index (χ0) is 18.2. The molecule has 0 saturated carbocycles. The number of thioether (sulfide) groups is 1. The van der Waals surface area contributed by atoms with Crippen molar-refractivity contribution in [3.63, 3.8) is 0 Å². The minimum atomic E-state index is -0.472. The van der Waals surface area contributed by atoms with E-state index < -0.39 is 6.04 Å². The van der Waals surface area contributed by atoms with Crippen LogP contribution in [0.2, 0.25) is 0 Å². The summed E-state index contributed by atoms with van der Waals surface area (Å²) in [5.41, 5.74) is 2.14. The first-order valence-electron chi connectivity index (χ1n) is 8.08. The Morgan fingerprint density at radius 3 is 2.56 bits per heavy atom. The average molecular weight is 362 g/mol. The van der Waals surface area contributed by atoms with Crippen molar-refractivity contribution >= 4 is 23.6 Å². The highest BCUT2D eigenvalue weighted by atomic mass is 32.2. The zero-order valence-electron chi connectivity index (χ0n) is 14.7. The van der Waals surface area contributed by atoms with Crippen molar-refractivity contribution in [2.45, 2.75) is 32.9 Å². The molecule has 0 saturated heterocycles. The Balaban J connectivity index is 2.04. The van der Waals surface area contributed by atoms with E-state index in [0.717, 1.165) is 17.1 Å². The molecule has 1 aromatic carbocycles. The third-order valence-electron chi connectivity index (χ3n) is 3.62. The van der Waals surface area contributed by atoms with Crippen molar-refractivity contribution in [1.82, 2.24) is 15.3 Å². The van der Waals surface area contributed by atoms with E-state index in [9.17, 15) is 9.18 Å². The predicted molar refractivity (Wildman–Crippen MR) is 100 cm³/mol. The van der Waals surface area contributed by atoms with Gasteiger partial charge in [-0.3, -0.25) is 4.79 Å². The van der Waals surface area contributed by atoms with E-state index >= 15 is 0 Å². The molecule has 0 aliphatic heterocycles. The fourth-order valence-electron chi connectivity index (χ4n) is 2.40. The summed E-state index contributed by atoms with van der Waals surface area (Å²) < 4.78 is 13.7. The van der Waals surface area contributed by atoms with Gasteiger partial charge in [0.2, 0.25) is 11.9 Å². The van der Waals surface area contributed by atoms with Gasteiger partial charge >= 0.3 is 0 Å². The van der Waals surface area contributed by atoms with Crippen LogP contribution in [0.4, 0.5) is 10.3 Å². The molecule has 0 fully saturated rings. The van der Waals surface area contributed by atoms with Crippen LogP contribution >= 0.6 is 11.8 Å². The van der Waals surface area contributed by atoms with Crippen molar-refractivity contribution in [3.8, 4) is 0 Å². The van der Waals surface area contributed by atoms with Gasteiger partial charge < -0.3 is 10.6 Å². The van der Waals surface area contributed by atoms with Gasteiger partial charge in [0.05, 0.1) is 0 Å². The Morgan fingerprint density at radius 2 is 1.92 bits per heavy atom. The first kappa shape index (κ1) is 19.2. The molecule has 0 bridgehead atoms. The number of anilines is 1. The van der Waals surface area contributed by atoms with E-state index in [1.165, 1.54) is 6.07 Å². The molecular weight excluding hydrogens is 339 g/mol. The maximum atomic E-state index is 13.7. The fourth-order valence-corrected chi connectivity index (χ4v) is 2.87. The second kappa shape index (κ2) is 9.36. The average Bonchev–Trinajstić information content (AvgIpc) is 2.56. The molecule has 1 heterocycles. The molecule has 134 valence electrons. The van der Waals surface area contributed by atoms with Crippen LogP contribution in [0.5, 0.6) is 0 Å². The summed E-state index contributed by atoms with van der Waals surface area (Å²) in [5, 5.41) is 5.90. The van der Waals surface area contributed by atoms with Gasteiger partial charge in [0.15, 0.2) is 0 Å². The molecule has 2 rings (SSSR count). The van der Waals surface area contributed by atoms with Crippen LogP contribution in [0.1, 0.15) is 23.4 Å². The van der Waals surface area contributed by atoms with Crippen LogP contribution in [-0.4, -0.2) is 33.9 Å². The molecule has 7 heteroatoms. The van der Waals surface area contributed by atoms with Crippen LogP contribution in [0, 0.1) is 19.7 Å². The van der Waals surface area contributed by atoms with E-state index in [1.54, 1.807) is 30.0 Å². The smallest absolute Gasteiger partial charge is 0.242 e. The first-order chi connectivity index (χ1) is 12.0. The molecule has 0 radical (unpaired) electrons. The van der Waals surface area contributed by atoms with Crippen LogP contribution in [0.25, 0.3) is 0 Å². The molecule has 1 unspecified atom stereocenters. The summed E-state index contributed by atoms with van der Waals surface area (Å²) in [5.74, 6) is 0.731. The van der Waals surface area contributed by atoms with E-state index in [-0.39, 0.29) is 18.3 Å². The Kier molecular flexibility index (Phi) is 7.18. The summed E-state index contributed by atoms with van der Waals surface area (Å²) in [6.45, 7) is 3.92. The number of aryl methyl sites for hydroxylation is 2. The van der Waals surface area contributed by atoms with Crippen LogP contribution in [0.15, 0.2) is 30.3 Å². The fraction of sp³-hybridized carbons (Fsp3) is 0.389. The molecule has 2 aromatic rings. The maximum absolute atomic E-state index is 13.7. The van der Waals surface area contributed by atoms with Crippen LogP contribution in [0.3, 0.4) is 0 Å². The van der Waals surface area contributed by atoms with E-state index in [0.29, 0.717) is 17.9 Å². The molecular formula is C18H23FN4OS. The predicted octanol–water partition coefficient (Wildman–Crippen LogP) is 3.08. The van der Waals surface area contributed by atoms with Gasteiger partial charge in [0.25, 0.3) is 0 Å². The Morgan fingerprint density at radius 1 is 1.24 bits per heavy atom. The molecule has 2 N–H and O–H groups in total. The number of hydrogen-bond acceptors (Lipinski definition) is 5. The molecule has 25 heavy (non-hydrogen) atoms. The third kappa shape index (κ3) is 6.01. The summed E-state index contributed by atoms with van der Waals surface area (Å²) >= 11 is 1.66. The molecule has 1 atom stereocenters. The topological polar surface area (TPSA) is 66.9 Å². The lowest BCUT2D eigenvalue weighted by Crippen LogP contribution is -2.40. The zero-order valence-corrected chi connectivity index (χ0v) is 15.5. The van der Waals surface area contributed by atoms with Gasteiger partial charge in [-0.25, -0.2) is 14.4 Å². The van der Waals surface area contributed by atoms with Crippen molar-refractivity contribution in [2.75, 3.05) is 17.3 Å². The lowest BCUT2D eigenvalue weighted by Gasteiger charge is -2.18. The van der Waals surface area contributed by atoms with E-state index in [1.807, 2.05) is 26.2 Å². The SMILES string of the molecule is CSCCC(Nc1nc(C)cc(C)n1)C(=O)NCc1ccccc1F.